The molecule has 4 nitrogen and oxygen atoms in total. The lowest BCUT2D eigenvalue weighted by Gasteiger charge is -2.07. The van der Waals surface area contributed by atoms with Crippen LogP contribution in [0.4, 0.5) is 0 Å². The van der Waals surface area contributed by atoms with Crippen LogP contribution in [0.15, 0.2) is 171 Å². The summed E-state index contributed by atoms with van der Waals surface area (Å²) in [6.45, 7) is 0. The smallest absolute Gasteiger partial charge is 0.455 e. The van der Waals surface area contributed by atoms with Crippen LogP contribution >= 0.6 is 15.9 Å². The van der Waals surface area contributed by atoms with Crippen molar-refractivity contribution in [2.24, 2.45) is 0 Å². The molecule has 2 aromatic heterocycles. The number of para-hydroxylation sites is 2. The first-order valence-corrected chi connectivity index (χ1v) is 17.2. The fourth-order valence-electron chi connectivity index (χ4n) is 7.24. The molecule has 0 aliphatic rings. The lowest BCUT2D eigenvalue weighted by Crippen LogP contribution is -2.30. The number of benzene rings is 8. The van der Waals surface area contributed by atoms with Gasteiger partial charge in [-0.1, -0.05) is 155 Å². The Morgan fingerprint density at radius 2 is 0.820 bits per heavy atom. The molecule has 2 heterocycles. The predicted molar refractivity (Wildman–Crippen MR) is 211 cm³/mol. The van der Waals surface area contributed by atoms with Crippen LogP contribution in [0.5, 0.6) is 0 Å². The van der Waals surface area contributed by atoms with E-state index in [1.54, 1.807) is 12.1 Å². The molecule has 0 radical (unpaired) electrons. The summed E-state index contributed by atoms with van der Waals surface area (Å²) in [6.07, 6.45) is 0. The summed E-state index contributed by atoms with van der Waals surface area (Å²) in [5, 5.41) is 28.2. The molecule has 0 unspecified atom stereocenters. The topological polar surface area (TPSA) is 66.7 Å². The molecule has 0 saturated carbocycles. The Hall–Kier alpha value is -5.66. The largest absolute Gasteiger partial charge is 0.489 e. The third-order valence-electron chi connectivity index (χ3n) is 9.46. The summed E-state index contributed by atoms with van der Waals surface area (Å²) in [6, 6.07) is 53.2. The van der Waals surface area contributed by atoms with Gasteiger partial charge >= 0.3 is 7.12 Å². The third-order valence-corrected chi connectivity index (χ3v) is 10.1. The molecule has 0 aliphatic carbocycles. The monoisotopic (exact) mass is 710 g/mol. The van der Waals surface area contributed by atoms with Crippen LogP contribution in [0.1, 0.15) is 0 Å². The summed E-state index contributed by atoms with van der Waals surface area (Å²) in [7, 11) is -1.54. The van der Waals surface area contributed by atoms with Crippen LogP contribution in [-0.4, -0.2) is 17.2 Å². The van der Waals surface area contributed by atoms with E-state index in [2.05, 4.69) is 107 Å². The Morgan fingerprint density at radius 1 is 0.400 bits per heavy atom. The summed E-state index contributed by atoms with van der Waals surface area (Å²) in [5.74, 6) is 0. The summed E-state index contributed by atoms with van der Waals surface area (Å²) >= 11 is 3.66. The molecule has 0 saturated heterocycles. The number of rotatable bonds is 3. The van der Waals surface area contributed by atoms with E-state index in [-0.39, 0.29) is 0 Å². The highest BCUT2D eigenvalue weighted by molar-refractivity contribution is 9.10. The minimum Gasteiger partial charge on any atom is -0.455 e. The normalized spacial score (nSPS) is 11.5. The third kappa shape index (κ3) is 5.00. The van der Waals surface area contributed by atoms with Crippen molar-refractivity contribution in [2.75, 3.05) is 0 Å². The second kappa shape index (κ2) is 12.3. The van der Waals surface area contributed by atoms with E-state index in [9.17, 15) is 10.0 Å². The van der Waals surface area contributed by atoms with Crippen molar-refractivity contribution in [1.82, 2.24) is 0 Å². The van der Waals surface area contributed by atoms with Crippen molar-refractivity contribution in [3.63, 3.8) is 0 Å². The second-order valence-corrected chi connectivity index (χ2v) is 13.2. The van der Waals surface area contributed by atoms with Crippen LogP contribution in [0.3, 0.4) is 0 Å². The second-order valence-electron chi connectivity index (χ2n) is 12.3. The van der Waals surface area contributed by atoms with Crippen LogP contribution in [0.2, 0.25) is 0 Å². The standard InChI is InChI=1S/C22H15BO3.C22H13BrO/c24-23(25)19-12-5-13-20-21(19)18-11-4-10-17(22(18)26-20)16-9-3-7-14-6-1-2-8-15(14)16;23-19-12-5-13-20-21(19)18-11-4-10-17(22(18)24-20)16-9-3-7-14-6-1-2-8-15(14)16/h1-13,24-25H;1-13H. The number of hydrogen-bond donors (Lipinski definition) is 2. The van der Waals surface area contributed by atoms with Crippen LogP contribution < -0.4 is 5.46 Å². The molecule has 0 fully saturated rings. The molecule has 0 amide bonds. The minimum absolute atomic E-state index is 0.455. The van der Waals surface area contributed by atoms with Crippen molar-refractivity contribution >= 4 is 93.9 Å². The maximum atomic E-state index is 9.74. The molecule has 0 atom stereocenters. The first-order valence-electron chi connectivity index (χ1n) is 16.4. The SMILES string of the molecule is Brc1cccc2oc3c(-c4cccc5ccccc45)cccc3c12.OB(O)c1cccc2oc3c(-c4cccc5ccccc45)cccc3c12. The maximum Gasteiger partial charge on any atom is 0.489 e. The van der Waals surface area contributed by atoms with E-state index in [1.165, 1.54) is 21.7 Å². The molecule has 10 rings (SSSR count). The summed E-state index contributed by atoms with van der Waals surface area (Å²) in [4.78, 5) is 0. The zero-order valence-corrected chi connectivity index (χ0v) is 28.3. The number of fused-ring (bicyclic) bond motifs is 8. The van der Waals surface area contributed by atoms with Gasteiger partial charge in [0.25, 0.3) is 0 Å². The van der Waals surface area contributed by atoms with E-state index in [0.29, 0.717) is 11.0 Å². The number of hydrogen-bond acceptors (Lipinski definition) is 4. The van der Waals surface area contributed by atoms with Crippen molar-refractivity contribution in [1.29, 1.82) is 0 Å². The van der Waals surface area contributed by atoms with E-state index >= 15 is 0 Å². The zero-order valence-electron chi connectivity index (χ0n) is 26.7. The molecule has 6 heteroatoms. The van der Waals surface area contributed by atoms with Crippen LogP contribution in [0, 0.1) is 0 Å². The molecular weight excluding hydrogens is 683 g/mol. The zero-order chi connectivity index (χ0) is 33.8. The van der Waals surface area contributed by atoms with E-state index in [0.717, 1.165) is 64.8 Å². The Bertz CT molecular complexity index is 2880. The predicted octanol–water partition coefficient (Wildman–Crippen LogP) is 11.3. The molecule has 0 bridgehead atoms. The van der Waals surface area contributed by atoms with E-state index < -0.39 is 7.12 Å². The first kappa shape index (κ1) is 30.4. The van der Waals surface area contributed by atoms with Gasteiger partial charge in [-0.3, -0.25) is 0 Å². The molecule has 2 N–H and O–H groups in total. The highest BCUT2D eigenvalue weighted by Crippen LogP contribution is 2.41. The highest BCUT2D eigenvalue weighted by Gasteiger charge is 2.21. The quantitative estimate of drug-likeness (QED) is 0.179. The van der Waals surface area contributed by atoms with Crippen molar-refractivity contribution in [3.8, 4) is 22.3 Å². The van der Waals surface area contributed by atoms with Gasteiger partial charge in [0.2, 0.25) is 0 Å². The Balaban J connectivity index is 0.000000135. The van der Waals surface area contributed by atoms with Crippen molar-refractivity contribution in [3.05, 3.63) is 162 Å². The minimum atomic E-state index is -1.54. The lowest BCUT2D eigenvalue weighted by atomic mass is 9.77. The van der Waals surface area contributed by atoms with Gasteiger partial charge in [0.15, 0.2) is 0 Å². The average molecular weight is 711 g/mol. The van der Waals surface area contributed by atoms with Crippen molar-refractivity contribution < 1.29 is 18.9 Å². The first-order chi connectivity index (χ1) is 24.6. The maximum absolute atomic E-state index is 9.74. The van der Waals surface area contributed by atoms with Gasteiger partial charge in [0.1, 0.15) is 22.3 Å². The molecule has 0 aliphatic heterocycles. The van der Waals surface area contributed by atoms with Gasteiger partial charge in [-0.2, -0.15) is 0 Å². The van der Waals surface area contributed by atoms with Gasteiger partial charge in [-0.25, -0.2) is 0 Å². The Kier molecular flexibility index (Phi) is 7.51. The van der Waals surface area contributed by atoms with Crippen LogP contribution in [-0.2, 0) is 0 Å². The Labute approximate surface area is 296 Å². The molecule has 50 heavy (non-hydrogen) atoms. The molecule has 238 valence electrons. The Morgan fingerprint density at radius 3 is 1.40 bits per heavy atom. The fraction of sp³-hybridized carbons (Fsp3) is 0. The average Bonchev–Trinajstić information content (AvgIpc) is 3.74. The van der Waals surface area contributed by atoms with Crippen molar-refractivity contribution in [2.45, 2.75) is 0 Å². The van der Waals surface area contributed by atoms with Gasteiger partial charge in [0, 0.05) is 37.1 Å². The number of halogens is 1. The summed E-state index contributed by atoms with van der Waals surface area (Å²) < 4.78 is 13.5. The van der Waals surface area contributed by atoms with E-state index in [1.807, 2.05) is 54.6 Å². The highest BCUT2D eigenvalue weighted by atomic mass is 79.9. The summed E-state index contributed by atoms with van der Waals surface area (Å²) in [5.41, 5.74) is 8.14. The van der Waals surface area contributed by atoms with E-state index in [4.69, 9.17) is 8.83 Å². The number of furan rings is 2. The van der Waals surface area contributed by atoms with Gasteiger partial charge < -0.3 is 18.9 Å². The van der Waals surface area contributed by atoms with Crippen LogP contribution in [0.25, 0.3) is 87.7 Å². The molecule has 10 aromatic rings. The molecular formula is C44H28BBrO4. The van der Waals surface area contributed by atoms with Gasteiger partial charge in [-0.15, -0.1) is 0 Å². The molecule has 8 aromatic carbocycles. The van der Waals surface area contributed by atoms with Gasteiger partial charge in [-0.05, 0) is 56.3 Å². The molecule has 0 spiro atoms. The fourth-order valence-corrected chi connectivity index (χ4v) is 7.80. The van der Waals surface area contributed by atoms with Gasteiger partial charge in [0.05, 0.1) is 0 Å². The lowest BCUT2D eigenvalue weighted by molar-refractivity contribution is 0.426.